The molecule has 1 N–H and O–H groups in total. The third kappa shape index (κ3) is 5.90. The van der Waals surface area contributed by atoms with Gasteiger partial charge in [0.05, 0.1) is 18.0 Å². The fraction of sp³-hybridized carbons (Fsp3) is 0.812. The van der Waals surface area contributed by atoms with Gasteiger partial charge in [-0.1, -0.05) is 12.0 Å². The van der Waals surface area contributed by atoms with Gasteiger partial charge in [0.2, 0.25) is 15.9 Å². The highest BCUT2D eigenvalue weighted by Crippen LogP contribution is 2.22. The lowest BCUT2D eigenvalue weighted by Crippen LogP contribution is -2.49. The van der Waals surface area contributed by atoms with Crippen LogP contribution in [0.25, 0.3) is 0 Å². The molecule has 132 valence electrons. The summed E-state index contributed by atoms with van der Waals surface area (Å²) in [7, 11) is -3.36. The average Bonchev–Trinajstić information content (AvgIpc) is 2.47. The molecule has 0 bridgehead atoms. The lowest BCUT2D eigenvalue weighted by atomic mass is 9.95. The Morgan fingerprint density at radius 3 is 2.43 bits per heavy atom. The fourth-order valence-corrected chi connectivity index (χ4v) is 4.67. The van der Waals surface area contributed by atoms with Gasteiger partial charge in [-0.3, -0.25) is 4.79 Å². The largest absolute Gasteiger partial charge is 0.373 e. The van der Waals surface area contributed by atoms with E-state index in [0.29, 0.717) is 13.1 Å². The van der Waals surface area contributed by atoms with Crippen LogP contribution in [0, 0.1) is 0 Å². The third-order valence-corrected chi connectivity index (χ3v) is 6.07. The number of rotatable bonds is 5. The minimum Gasteiger partial charge on any atom is -0.373 e. The Bertz CT molecular complexity index is 526. The SMILES string of the molecule is C[C@@H]1CN(S(=O)(=O)CCNC(=O)C=C2CCCCC2)C[C@@H](C)O1. The molecular weight excluding hydrogens is 316 g/mol. The highest BCUT2D eigenvalue weighted by molar-refractivity contribution is 7.89. The topological polar surface area (TPSA) is 75.7 Å². The van der Waals surface area contributed by atoms with Crippen LogP contribution in [0.2, 0.25) is 0 Å². The lowest BCUT2D eigenvalue weighted by Gasteiger charge is -2.34. The molecule has 1 aliphatic heterocycles. The summed E-state index contributed by atoms with van der Waals surface area (Å²) in [6.45, 7) is 4.65. The number of nitrogens with one attached hydrogen (secondary N) is 1. The number of morpholine rings is 1. The van der Waals surface area contributed by atoms with E-state index in [4.69, 9.17) is 4.74 Å². The first-order valence-electron chi connectivity index (χ1n) is 8.47. The van der Waals surface area contributed by atoms with E-state index in [1.807, 2.05) is 13.8 Å². The Kier molecular flexibility index (Phi) is 6.61. The van der Waals surface area contributed by atoms with Gasteiger partial charge >= 0.3 is 0 Å². The number of amides is 1. The van der Waals surface area contributed by atoms with Crippen LogP contribution in [0.15, 0.2) is 11.6 Å². The third-order valence-electron chi connectivity index (χ3n) is 4.27. The quantitative estimate of drug-likeness (QED) is 0.766. The average molecular weight is 344 g/mol. The minimum absolute atomic E-state index is 0.0681. The summed E-state index contributed by atoms with van der Waals surface area (Å²) in [5, 5.41) is 2.70. The van der Waals surface area contributed by atoms with E-state index in [9.17, 15) is 13.2 Å². The molecule has 1 aliphatic carbocycles. The first kappa shape index (κ1) is 18.4. The molecule has 0 spiro atoms. The van der Waals surface area contributed by atoms with Gasteiger partial charge in [0.1, 0.15) is 0 Å². The molecular formula is C16H28N2O4S. The van der Waals surface area contributed by atoms with Crippen LogP contribution in [0.5, 0.6) is 0 Å². The second-order valence-corrected chi connectivity index (χ2v) is 8.63. The number of carbonyl (C=O) groups is 1. The second-order valence-electron chi connectivity index (χ2n) is 6.54. The van der Waals surface area contributed by atoms with Crippen molar-refractivity contribution in [2.45, 2.75) is 58.2 Å². The van der Waals surface area contributed by atoms with E-state index >= 15 is 0 Å². The molecule has 0 radical (unpaired) electrons. The first-order valence-corrected chi connectivity index (χ1v) is 10.1. The molecule has 1 saturated carbocycles. The molecule has 2 aliphatic rings. The lowest BCUT2D eigenvalue weighted by molar-refractivity contribution is -0.116. The highest BCUT2D eigenvalue weighted by atomic mass is 32.2. The molecule has 0 aromatic rings. The molecule has 0 aromatic heterocycles. The molecule has 2 rings (SSSR count). The van der Waals surface area contributed by atoms with Crippen molar-refractivity contribution in [3.05, 3.63) is 11.6 Å². The smallest absolute Gasteiger partial charge is 0.243 e. The van der Waals surface area contributed by atoms with Crippen LogP contribution in [0.1, 0.15) is 46.0 Å². The summed E-state index contributed by atoms with van der Waals surface area (Å²) >= 11 is 0. The standard InChI is InChI=1S/C16H28N2O4S/c1-13-11-18(12-14(2)22-13)23(20,21)9-8-17-16(19)10-15-6-4-3-5-7-15/h10,13-14H,3-9,11-12H2,1-2H3,(H,17,19)/t13-,14-/m1/s1. The Hall–Kier alpha value is -0.920. The molecule has 1 saturated heterocycles. The van der Waals surface area contributed by atoms with Gasteiger partial charge in [0, 0.05) is 25.7 Å². The number of sulfonamides is 1. The second kappa shape index (κ2) is 8.26. The van der Waals surface area contributed by atoms with Gasteiger partial charge in [-0.15, -0.1) is 0 Å². The molecule has 2 fully saturated rings. The van der Waals surface area contributed by atoms with Gasteiger partial charge in [-0.05, 0) is 39.5 Å². The van der Waals surface area contributed by atoms with E-state index in [2.05, 4.69) is 5.32 Å². The molecule has 0 unspecified atom stereocenters. The van der Waals surface area contributed by atoms with Gasteiger partial charge < -0.3 is 10.1 Å². The number of nitrogens with zero attached hydrogens (tertiary/aromatic N) is 1. The van der Waals surface area contributed by atoms with Crippen LogP contribution in [0.3, 0.4) is 0 Å². The van der Waals surface area contributed by atoms with E-state index in [-0.39, 0.29) is 30.4 Å². The molecule has 1 heterocycles. The van der Waals surface area contributed by atoms with Crippen molar-refractivity contribution in [3.63, 3.8) is 0 Å². The highest BCUT2D eigenvalue weighted by Gasteiger charge is 2.30. The van der Waals surface area contributed by atoms with Crippen LogP contribution >= 0.6 is 0 Å². The number of hydrogen-bond acceptors (Lipinski definition) is 4. The van der Waals surface area contributed by atoms with Gasteiger partial charge in [0.25, 0.3) is 0 Å². The molecule has 23 heavy (non-hydrogen) atoms. The molecule has 6 nitrogen and oxygen atoms in total. The maximum absolute atomic E-state index is 12.4. The van der Waals surface area contributed by atoms with E-state index in [1.54, 1.807) is 6.08 Å². The van der Waals surface area contributed by atoms with Gasteiger partial charge in [-0.2, -0.15) is 4.31 Å². The van der Waals surface area contributed by atoms with Crippen molar-refractivity contribution in [3.8, 4) is 0 Å². The summed E-state index contributed by atoms with van der Waals surface area (Å²) in [5.74, 6) is -0.248. The van der Waals surface area contributed by atoms with E-state index < -0.39 is 10.0 Å². The van der Waals surface area contributed by atoms with Crippen molar-refractivity contribution in [2.24, 2.45) is 0 Å². The van der Waals surface area contributed by atoms with Crippen molar-refractivity contribution >= 4 is 15.9 Å². The van der Waals surface area contributed by atoms with Crippen molar-refractivity contribution in [1.82, 2.24) is 9.62 Å². The number of ether oxygens (including phenoxy) is 1. The minimum atomic E-state index is -3.36. The maximum atomic E-state index is 12.4. The van der Waals surface area contributed by atoms with Crippen molar-refractivity contribution < 1.29 is 17.9 Å². The van der Waals surface area contributed by atoms with Crippen molar-refractivity contribution in [2.75, 3.05) is 25.4 Å². The summed E-state index contributed by atoms with van der Waals surface area (Å²) in [5.41, 5.74) is 1.17. The van der Waals surface area contributed by atoms with E-state index in [0.717, 1.165) is 25.7 Å². The molecule has 1 amide bonds. The van der Waals surface area contributed by atoms with Gasteiger partial charge in [-0.25, -0.2) is 8.42 Å². The maximum Gasteiger partial charge on any atom is 0.243 e. The Labute approximate surface area is 139 Å². The van der Waals surface area contributed by atoms with Crippen LogP contribution in [0.4, 0.5) is 0 Å². The zero-order valence-electron chi connectivity index (χ0n) is 14.1. The van der Waals surface area contributed by atoms with Crippen LogP contribution < -0.4 is 5.32 Å². The zero-order valence-corrected chi connectivity index (χ0v) is 14.9. The van der Waals surface area contributed by atoms with E-state index in [1.165, 1.54) is 16.3 Å². The summed E-state index contributed by atoms with van der Waals surface area (Å²) in [6, 6.07) is 0. The summed E-state index contributed by atoms with van der Waals surface area (Å²) in [4.78, 5) is 11.9. The Morgan fingerprint density at radius 2 is 1.83 bits per heavy atom. The molecule has 7 heteroatoms. The number of hydrogen-bond donors (Lipinski definition) is 1. The monoisotopic (exact) mass is 344 g/mol. The first-order chi connectivity index (χ1) is 10.9. The van der Waals surface area contributed by atoms with Gasteiger partial charge in [0.15, 0.2) is 0 Å². The Balaban J connectivity index is 1.79. The number of carbonyl (C=O) groups excluding carboxylic acids is 1. The predicted octanol–water partition coefficient (Wildman–Crippen LogP) is 1.43. The van der Waals surface area contributed by atoms with Crippen LogP contribution in [-0.2, 0) is 19.6 Å². The summed E-state index contributed by atoms with van der Waals surface area (Å²) in [6.07, 6.45) is 6.92. The molecule has 0 aromatic carbocycles. The normalized spacial score (nSPS) is 26.8. The molecule has 2 atom stereocenters. The van der Waals surface area contributed by atoms with Crippen molar-refractivity contribution in [1.29, 1.82) is 0 Å². The summed E-state index contributed by atoms with van der Waals surface area (Å²) < 4.78 is 31.7. The number of allylic oxidation sites excluding steroid dienone is 1. The van der Waals surface area contributed by atoms with Crippen LogP contribution in [-0.4, -0.2) is 56.2 Å². The predicted molar refractivity (Wildman–Crippen MR) is 89.5 cm³/mol. The fourth-order valence-electron chi connectivity index (χ4n) is 3.18. The zero-order chi connectivity index (χ0) is 16.9. The Morgan fingerprint density at radius 1 is 1.22 bits per heavy atom.